The minimum atomic E-state index is -0.552. The molecular weight excluding hydrogens is 340 g/mol. The molecule has 126 valence electrons. The van der Waals surface area contributed by atoms with Gasteiger partial charge in [0, 0.05) is 10.6 Å². The zero-order valence-corrected chi connectivity index (χ0v) is 14.1. The first-order valence-electron chi connectivity index (χ1n) is 7.51. The first-order valence-corrected chi connectivity index (χ1v) is 7.89. The predicted molar refractivity (Wildman–Crippen MR) is 98.4 cm³/mol. The second-order valence-corrected chi connectivity index (χ2v) is 5.95. The van der Waals surface area contributed by atoms with E-state index in [2.05, 4.69) is 10.5 Å². The van der Waals surface area contributed by atoms with Gasteiger partial charge in [0.2, 0.25) is 0 Å². The number of hydrazone groups is 1. The van der Waals surface area contributed by atoms with E-state index >= 15 is 0 Å². The Kier molecular flexibility index (Phi) is 4.59. The van der Waals surface area contributed by atoms with Crippen LogP contribution in [-0.2, 0) is 0 Å². The molecule has 1 amide bonds. The summed E-state index contributed by atoms with van der Waals surface area (Å²) >= 11 is 5.91. The van der Waals surface area contributed by atoms with Crippen molar-refractivity contribution in [2.75, 3.05) is 0 Å². The van der Waals surface area contributed by atoms with Gasteiger partial charge in [0.05, 0.1) is 11.3 Å². The van der Waals surface area contributed by atoms with Crippen LogP contribution >= 0.6 is 11.6 Å². The molecule has 6 heteroatoms. The molecular formula is C19H15ClN2O3. The van der Waals surface area contributed by atoms with Gasteiger partial charge >= 0.3 is 0 Å². The molecule has 0 unspecified atom stereocenters. The molecule has 0 radical (unpaired) electrons. The summed E-state index contributed by atoms with van der Waals surface area (Å²) in [4.78, 5) is 12.3. The molecule has 0 aliphatic rings. The topological polar surface area (TPSA) is 81.9 Å². The molecule has 0 spiro atoms. The lowest BCUT2D eigenvalue weighted by atomic mass is 10.1. The molecule has 0 fully saturated rings. The Hall–Kier alpha value is -3.05. The molecule has 5 nitrogen and oxygen atoms in total. The SMILES string of the molecule is C/C(=N\NC(=O)c1cc2ccccc2cc1O)c1cc(Cl)ccc1O. The first-order chi connectivity index (χ1) is 12.0. The van der Waals surface area contributed by atoms with E-state index in [4.69, 9.17) is 11.6 Å². The standard InChI is InChI=1S/C19H15ClN2O3/c1-11(15-10-14(20)6-7-17(15)23)21-22-19(25)16-8-12-4-2-3-5-13(12)9-18(16)24/h2-10,23-24H,1H3,(H,22,25)/b21-11+. The van der Waals surface area contributed by atoms with E-state index < -0.39 is 5.91 Å². The van der Waals surface area contributed by atoms with Crippen LogP contribution in [0.25, 0.3) is 10.8 Å². The Morgan fingerprint density at radius 2 is 1.64 bits per heavy atom. The number of carbonyl (C=O) groups excluding carboxylic acids is 1. The summed E-state index contributed by atoms with van der Waals surface area (Å²) < 4.78 is 0. The average molecular weight is 355 g/mol. The number of amides is 1. The molecule has 0 aliphatic carbocycles. The van der Waals surface area contributed by atoms with Gasteiger partial charge in [-0.15, -0.1) is 0 Å². The summed E-state index contributed by atoms with van der Waals surface area (Å²) in [5.41, 5.74) is 3.30. The number of hydrogen-bond acceptors (Lipinski definition) is 4. The minimum absolute atomic E-state index is 0.00783. The van der Waals surface area contributed by atoms with Crippen molar-refractivity contribution >= 4 is 34.0 Å². The highest BCUT2D eigenvalue weighted by Gasteiger charge is 2.13. The highest BCUT2D eigenvalue weighted by atomic mass is 35.5. The first kappa shape index (κ1) is 16.8. The monoisotopic (exact) mass is 354 g/mol. The van der Waals surface area contributed by atoms with Gasteiger partial charge in [-0.05, 0) is 48.0 Å². The number of phenols is 2. The zero-order valence-electron chi connectivity index (χ0n) is 13.3. The van der Waals surface area contributed by atoms with E-state index in [1.165, 1.54) is 12.1 Å². The molecule has 3 aromatic carbocycles. The number of fused-ring (bicyclic) bond motifs is 1. The zero-order chi connectivity index (χ0) is 18.0. The Balaban J connectivity index is 1.87. The van der Waals surface area contributed by atoms with Gasteiger partial charge < -0.3 is 10.2 Å². The van der Waals surface area contributed by atoms with Crippen molar-refractivity contribution in [3.05, 3.63) is 70.7 Å². The minimum Gasteiger partial charge on any atom is -0.507 e. The second kappa shape index (κ2) is 6.83. The number of hydrogen-bond donors (Lipinski definition) is 3. The number of phenolic OH excluding ortho intramolecular Hbond substituents is 2. The van der Waals surface area contributed by atoms with Gasteiger partial charge in [0.25, 0.3) is 5.91 Å². The highest BCUT2D eigenvalue weighted by Crippen LogP contribution is 2.25. The molecule has 0 bridgehead atoms. The summed E-state index contributed by atoms with van der Waals surface area (Å²) in [6.07, 6.45) is 0. The molecule has 0 saturated carbocycles. The summed E-state index contributed by atoms with van der Waals surface area (Å²) in [7, 11) is 0. The van der Waals surface area contributed by atoms with E-state index in [1.807, 2.05) is 24.3 Å². The lowest BCUT2D eigenvalue weighted by Gasteiger charge is -2.08. The number of benzene rings is 3. The molecule has 3 aromatic rings. The van der Waals surface area contributed by atoms with Gasteiger partial charge in [-0.3, -0.25) is 4.79 Å². The van der Waals surface area contributed by atoms with Crippen molar-refractivity contribution in [1.29, 1.82) is 0 Å². The molecule has 0 aromatic heterocycles. The van der Waals surface area contributed by atoms with Crippen LogP contribution in [0.15, 0.2) is 59.7 Å². The van der Waals surface area contributed by atoms with Crippen molar-refractivity contribution < 1.29 is 15.0 Å². The van der Waals surface area contributed by atoms with Crippen LogP contribution < -0.4 is 5.43 Å². The van der Waals surface area contributed by atoms with Crippen LogP contribution in [0.1, 0.15) is 22.8 Å². The summed E-state index contributed by atoms with van der Waals surface area (Å²) in [6.45, 7) is 1.63. The molecule has 0 heterocycles. The van der Waals surface area contributed by atoms with Crippen molar-refractivity contribution in [3.8, 4) is 11.5 Å². The largest absolute Gasteiger partial charge is 0.507 e. The average Bonchev–Trinajstić information content (AvgIpc) is 2.60. The van der Waals surface area contributed by atoms with Crippen molar-refractivity contribution in [1.82, 2.24) is 5.43 Å². The number of carbonyl (C=O) groups is 1. The lowest BCUT2D eigenvalue weighted by Crippen LogP contribution is -2.19. The molecule has 3 N–H and O–H groups in total. The number of nitrogens with zero attached hydrogens (tertiary/aromatic N) is 1. The molecule has 0 aliphatic heterocycles. The van der Waals surface area contributed by atoms with Crippen molar-refractivity contribution in [2.24, 2.45) is 5.10 Å². The fourth-order valence-corrected chi connectivity index (χ4v) is 2.64. The number of aromatic hydroxyl groups is 2. The van der Waals surface area contributed by atoms with E-state index in [0.717, 1.165) is 10.8 Å². The highest BCUT2D eigenvalue weighted by molar-refractivity contribution is 6.31. The summed E-state index contributed by atoms with van der Waals surface area (Å²) in [6, 6.07) is 15.1. The van der Waals surface area contributed by atoms with Gasteiger partial charge in [0.15, 0.2) is 0 Å². The molecule has 3 rings (SSSR count). The van der Waals surface area contributed by atoms with Crippen LogP contribution in [0.2, 0.25) is 5.02 Å². The van der Waals surface area contributed by atoms with Crippen LogP contribution in [0.4, 0.5) is 0 Å². The van der Waals surface area contributed by atoms with Gasteiger partial charge in [-0.1, -0.05) is 35.9 Å². The maximum atomic E-state index is 12.3. The number of halogens is 1. The van der Waals surface area contributed by atoms with E-state index in [9.17, 15) is 15.0 Å². The smallest absolute Gasteiger partial charge is 0.275 e. The van der Waals surface area contributed by atoms with Gasteiger partial charge in [-0.2, -0.15) is 5.10 Å². The van der Waals surface area contributed by atoms with Crippen molar-refractivity contribution in [2.45, 2.75) is 6.92 Å². The molecule has 0 atom stereocenters. The third-order valence-electron chi connectivity index (χ3n) is 3.78. The van der Waals surface area contributed by atoms with E-state index in [0.29, 0.717) is 16.3 Å². The third kappa shape index (κ3) is 3.56. The summed E-state index contributed by atoms with van der Waals surface area (Å²) in [5, 5.41) is 26.0. The molecule has 0 saturated heterocycles. The second-order valence-electron chi connectivity index (χ2n) is 5.52. The Morgan fingerprint density at radius 1 is 0.960 bits per heavy atom. The van der Waals surface area contributed by atoms with E-state index in [-0.39, 0.29) is 17.1 Å². The van der Waals surface area contributed by atoms with Crippen LogP contribution in [0, 0.1) is 0 Å². The third-order valence-corrected chi connectivity index (χ3v) is 4.02. The van der Waals surface area contributed by atoms with Crippen LogP contribution in [0.3, 0.4) is 0 Å². The molecule has 25 heavy (non-hydrogen) atoms. The normalized spacial score (nSPS) is 11.5. The fraction of sp³-hybridized carbons (Fsp3) is 0.0526. The van der Waals surface area contributed by atoms with Gasteiger partial charge in [-0.25, -0.2) is 5.43 Å². The fourth-order valence-electron chi connectivity index (χ4n) is 2.46. The number of rotatable bonds is 3. The lowest BCUT2D eigenvalue weighted by molar-refractivity contribution is 0.0952. The van der Waals surface area contributed by atoms with Crippen LogP contribution in [0.5, 0.6) is 11.5 Å². The Labute approximate surface area is 149 Å². The van der Waals surface area contributed by atoms with Crippen LogP contribution in [-0.4, -0.2) is 21.8 Å². The number of nitrogens with one attached hydrogen (secondary N) is 1. The van der Waals surface area contributed by atoms with Gasteiger partial charge in [0.1, 0.15) is 11.5 Å². The van der Waals surface area contributed by atoms with E-state index in [1.54, 1.807) is 25.1 Å². The Bertz CT molecular complexity index is 999. The summed E-state index contributed by atoms with van der Waals surface area (Å²) in [5.74, 6) is -0.674. The predicted octanol–water partition coefficient (Wildman–Crippen LogP) is 4.06. The maximum Gasteiger partial charge on any atom is 0.275 e. The van der Waals surface area contributed by atoms with Crippen molar-refractivity contribution in [3.63, 3.8) is 0 Å². The quantitative estimate of drug-likeness (QED) is 0.490. The maximum absolute atomic E-state index is 12.3. The Morgan fingerprint density at radius 3 is 2.36 bits per heavy atom.